The Bertz CT molecular complexity index is 1450. The number of likely N-dealkylation sites (tertiary alicyclic amines) is 1. The third kappa shape index (κ3) is 5.15. The first-order valence-electron chi connectivity index (χ1n) is 13.5. The number of hydrogen-bond acceptors (Lipinski definition) is 4. The average molecular weight is 510 g/mol. The molecule has 1 aromatic heterocycles. The van der Waals surface area contributed by atoms with Crippen molar-refractivity contribution < 1.29 is 9.90 Å². The van der Waals surface area contributed by atoms with Crippen LogP contribution in [0.15, 0.2) is 89.7 Å². The fraction of sp³-hybridized carbons (Fsp3) is 0.312. The molecule has 1 fully saturated rings. The lowest BCUT2D eigenvalue weighted by atomic mass is 9.98. The molecule has 2 N–H and O–H groups in total. The fourth-order valence-corrected chi connectivity index (χ4v) is 5.66. The van der Waals surface area contributed by atoms with E-state index < -0.39 is 0 Å². The van der Waals surface area contributed by atoms with E-state index in [0.29, 0.717) is 28.6 Å². The second-order valence-electron chi connectivity index (χ2n) is 9.99. The van der Waals surface area contributed by atoms with E-state index in [1.165, 1.54) is 0 Å². The molecule has 1 amide bonds. The molecule has 0 spiro atoms. The number of nitrogens with one attached hydrogen (secondary N) is 1. The van der Waals surface area contributed by atoms with Crippen LogP contribution in [0, 0.1) is 0 Å². The second-order valence-corrected chi connectivity index (χ2v) is 9.99. The number of aromatic nitrogens is 1. The number of para-hydroxylation sites is 1. The van der Waals surface area contributed by atoms with Gasteiger partial charge in [-0.05, 0) is 49.6 Å². The Morgan fingerprint density at radius 3 is 2.29 bits per heavy atom. The number of amides is 1. The lowest BCUT2D eigenvalue weighted by Gasteiger charge is -2.35. The highest BCUT2D eigenvalue weighted by Crippen LogP contribution is 2.28. The Kier molecular flexibility index (Phi) is 8.01. The zero-order valence-electron chi connectivity index (χ0n) is 21.8. The molecule has 1 saturated heterocycles. The first-order valence-corrected chi connectivity index (χ1v) is 13.5. The van der Waals surface area contributed by atoms with Crippen molar-refractivity contribution in [2.75, 3.05) is 13.2 Å². The summed E-state index contributed by atoms with van der Waals surface area (Å²) < 4.78 is 1.70. The van der Waals surface area contributed by atoms with Gasteiger partial charge in [0.1, 0.15) is 0 Å². The Hall–Kier alpha value is -3.74. The normalized spacial score (nSPS) is 16.8. The first-order chi connectivity index (χ1) is 18.6. The minimum Gasteiger partial charge on any atom is -0.395 e. The van der Waals surface area contributed by atoms with Gasteiger partial charge in [-0.3, -0.25) is 19.1 Å². The summed E-state index contributed by atoms with van der Waals surface area (Å²) in [7, 11) is 0. The molecule has 3 aromatic carbocycles. The van der Waals surface area contributed by atoms with Crippen LogP contribution in [0.3, 0.4) is 0 Å². The molecule has 6 nitrogen and oxygen atoms in total. The standard InChI is InChI=1S/C32H35N3O3/c1-2-28(23-13-5-3-6-14-23)33-31(37)30-26-18-9-10-19-27(26)32(38)35(24-15-7-4-8-16-24)29(30)21-34-20-12-11-17-25(34)22-36/h3-10,13-16,18-19,25,28,36H,2,11-12,17,20-22H2,1H3,(H,33,37)/t25-,28?/m0/s1. The molecule has 0 bridgehead atoms. The molecular formula is C32H35N3O3. The van der Waals surface area contributed by atoms with Gasteiger partial charge in [-0.25, -0.2) is 0 Å². The van der Waals surface area contributed by atoms with Crippen molar-refractivity contribution in [2.45, 2.75) is 51.2 Å². The quantitative estimate of drug-likeness (QED) is 0.342. The lowest BCUT2D eigenvalue weighted by Crippen LogP contribution is -2.43. The number of carbonyl (C=O) groups excluding carboxylic acids is 1. The van der Waals surface area contributed by atoms with Crippen LogP contribution in [-0.2, 0) is 6.54 Å². The molecule has 1 unspecified atom stereocenters. The number of rotatable bonds is 8. The maximum Gasteiger partial charge on any atom is 0.263 e. The summed E-state index contributed by atoms with van der Waals surface area (Å²) >= 11 is 0. The number of benzene rings is 3. The van der Waals surface area contributed by atoms with Crippen LogP contribution in [0.4, 0.5) is 0 Å². The molecule has 1 aliphatic heterocycles. The summed E-state index contributed by atoms with van der Waals surface area (Å²) in [5.41, 5.74) is 2.79. The van der Waals surface area contributed by atoms with Crippen molar-refractivity contribution in [1.82, 2.24) is 14.8 Å². The Morgan fingerprint density at radius 1 is 0.947 bits per heavy atom. The molecular weight excluding hydrogens is 474 g/mol. The molecule has 0 saturated carbocycles. The average Bonchev–Trinajstić information content (AvgIpc) is 2.97. The SMILES string of the molecule is CCC(NC(=O)c1c(CN2CCCC[C@H]2CO)n(-c2ccccc2)c(=O)c2ccccc12)c1ccccc1. The van der Waals surface area contributed by atoms with E-state index in [-0.39, 0.29) is 30.2 Å². The van der Waals surface area contributed by atoms with E-state index in [2.05, 4.69) is 17.1 Å². The highest BCUT2D eigenvalue weighted by atomic mass is 16.3. The molecule has 6 heteroatoms. The van der Waals surface area contributed by atoms with E-state index in [4.69, 9.17) is 0 Å². The number of piperidine rings is 1. The predicted octanol–water partition coefficient (Wildman–Crippen LogP) is 5.22. The zero-order valence-corrected chi connectivity index (χ0v) is 21.8. The number of nitrogens with zero attached hydrogens (tertiary/aromatic N) is 2. The van der Waals surface area contributed by atoms with Crippen LogP contribution in [0.1, 0.15) is 60.3 Å². The Morgan fingerprint density at radius 2 is 1.61 bits per heavy atom. The lowest BCUT2D eigenvalue weighted by molar-refractivity contribution is 0.0812. The van der Waals surface area contributed by atoms with Crippen molar-refractivity contribution in [3.63, 3.8) is 0 Å². The number of hydrogen-bond donors (Lipinski definition) is 2. The van der Waals surface area contributed by atoms with E-state index in [0.717, 1.165) is 43.5 Å². The van der Waals surface area contributed by atoms with E-state index >= 15 is 0 Å². The van der Waals surface area contributed by atoms with Gasteiger partial charge in [0.25, 0.3) is 11.5 Å². The highest BCUT2D eigenvalue weighted by molar-refractivity contribution is 6.08. The van der Waals surface area contributed by atoms with Crippen LogP contribution in [0.2, 0.25) is 0 Å². The van der Waals surface area contributed by atoms with Gasteiger partial charge in [-0.1, -0.05) is 80.1 Å². The summed E-state index contributed by atoms with van der Waals surface area (Å²) in [4.78, 5) is 30.4. The monoisotopic (exact) mass is 509 g/mol. The van der Waals surface area contributed by atoms with E-state index in [9.17, 15) is 14.7 Å². The number of fused-ring (bicyclic) bond motifs is 1. The van der Waals surface area contributed by atoms with Gasteiger partial charge in [0, 0.05) is 29.0 Å². The van der Waals surface area contributed by atoms with Gasteiger partial charge in [0.15, 0.2) is 0 Å². The maximum atomic E-state index is 14.2. The summed E-state index contributed by atoms with van der Waals surface area (Å²) in [5.74, 6) is -0.200. The maximum absolute atomic E-state index is 14.2. The van der Waals surface area contributed by atoms with Crippen LogP contribution in [-0.4, -0.2) is 39.7 Å². The number of aliphatic hydroxyl groups excluding tert-OH is 1. The second kappa shape index (κ2) is 11.8. The van der Waals surface area contributed by atoms with Gasteiger partial charge in [0.05, 0.1) is 23.9 Å². The number of carbonyl (C=O) groups is 1. The summed E-state index contributed by atoms with van der Waals surface area (Å²) in [6.45, 7) is 3.31. The molecule has 4 aromatic rings. The van der Waals surface area contributed by atoms with Crippen molar-refractivity contribution in [2.24, 2.45) is 0 Å². The number of pyridine rings is 1. The summed E-state index contributed by atoms with van der Waals surface area (Å²) in [6, 6.07) is 26.7. The molecule has 38 heavy (non-hydrogen) atoms. The smallest absolute Gasteiger partial charge is 0.263 e. The number of aliphatic hydroxyl groups is 1. The largest absolute Gasteiger partial charge is 0.395 e. The van der Waals surface area contributed by atoms with Crippen molar-refractivity contribution >= 4 is 16.7 Å². The van der Waals surface area contributed by atoms with Gasteiger partial charge in [-0.15, -0.1) is 0 Å². The van der Waals surface area contributed by atoms with Crippen molar-refractivity contribution in [3.05, 3.63) is 112 Å². The third-order valence-electron chi connectivity index (χ3n) is 7.66. The molecule has 1 aliphatic rings. The van der Waals surface area contributed by atoms with Crippen molar-refractivity contribution in [1.29, 1.82) is 0 Å². The van der Waals surface area contributed by atoms with Crippen LogP contribution >= 0.6 is 0 Å². The van der Waals surface area contributed by atoms with Gasteiger partial charge in [0.2, 0.25) is 0 Å². The molecule has 2 atom stereocenters. The minimum absolute atomic E-state index is 0.00170. The Labute approximate surface area is 223 Å². The highest BCUT2D eigenvalue weighted by Gasteiger charge is 2.29. The third-order valence-corrected chi connectivity index (χ3v) is 7.66. The van der Waals surface area contributed by atoms with Crippen LogP contribution in [0.5, 0.6) is 0 Å². The Balaban J connectivity index is 1.71. The summed E-state index contributed by atoms with van der Waals surface area (Å²) in [5, 5.41) is 14.5. The van der Waals surface area contributed by atoms with E-state index in [1.807, 2.05) is 78.9 Å². The fourth-order valence-electron chi connectivity index (χ4n) is 5.66. The van der Waals surface area contributed by atoms with E-state index in [1.54, 1.807) is 10.6 Å². The molecule has 0 radical (unpaired) electrons. The van der Waals surface area contributed by atoms with Gasteiger partial charge >= 0.3 is 0 Å². The summed E-state index contributed by atoms with van der Waals surface area (Å²) in [6.07, 6.45) is 3.72. The van der Waals surface area contributed by atoms with Crippen molar-refractivity contribution in [3.8, 4) is 5.69 Å². The van der Waals surface area contributed by atoms with Gasteiger partial charge < -0.3 is 10.4 Å². The van der Waals surface area contributed by atoms with Gasteiger partial charge in [-0.2, -0.15) is 0 Å². The minimum atomic E-state index is -0.200. The first kappa shape index (κ1) is 25.9. The molecule has 0 aliphatic carbocycles. The molecule has 5 rings (SSSR count). The van der Waals surface area contributed by atoms with Crippen LogP contribution in [0.25, 0.3) is 16.5 Å². The molecule has 196 valence electrons. The predicted molar refractivity (Wildman–Crippen MR) is 152 cm³/mol. The molecule has 2 heterocycles. The topological polar surface area (TPSA) is 74.6 Å². The van der Waals surface area contributed by atoms with Crippen LogP contribution < -0.4 is 10.9 Å². The zero-order chi connectivity index (χ0) is 26.5.